The second-order valence-corrected chi connectivity index (χ2v) is 8.30. The number of hydrogen-bond donors (Lipinski definition) is 1. The zero-order valence-corrected chi connectivity index (χ0v) is 16.0. The number of benzene rings is 1. The molecule has 1 atom stereocenters. The Labute approximate surface area is 156 Å². The number of aliphatic hydroxyl groups is 1. The quantitative estimate of drug-likeness (QED) is 0.631. The molecule has 140 valence electrons. The van der Waals surface area contributed by atoms with Crippen molar-refractivity contribution in [2.24, 2.45) is 0 Å². The van der Waals surface area contributed by atoms with Crippen LogP contribution >= 0.6 is 0 Å². The lowest BCUT2D eigenvalue weighted by atomic mass is 10.1. The monoisotopic (exact) mass is 373 g/mol. The fourth-order valence-electron chi connectivity index (χ4n) is 2.73. The normalized spacial score (nSPS) is 13.5. The van der Waals surface area contributed by atoms with Crippen LogP contribution in [0.15, 0.2) is 78.0 Å². The lowest BCUT2D eigenvalue weighted by Crippen LogP contribution is -2.10. The molecule has 0 aliphatic rings. The smallest absolute Gasteiger partial charge is 0.267 e. The SMILES string of the molecule is C=CC(O)CCC/C(C)=C/CCc1ccn(S(=O)(=O)c2ccccc2)c1. The Morgan fingerprint density at radius 1 is 1.27 bits per heavy atom. The zero-order valence-electron chi connectivity index (χ0n) is 15.2. The van der Waals surface area contributed by atoms with Crippen LogP contribution in [0.25, 0.3) is 0 Å². The molecule has 1 unspecified atom stereocenters. The van der Waals surface area contributed by atoms with Gasteiger partial charge in [0.05, 0.1) is 11.0 Å². The van der Waals surface area contributed by atoms with Crippen molar-refractivity contribution in [1.82, 2.24) is 3.97 Å². The van der Waals surface area contributed by atoms with Crippen LogP contribution < -0.4 is 0 Å². The van der Waals surface area contributed by atoms with Gasteiger partial charge in [0, 0.05) is 12.4 Å². The average Bonchev–Trinajstić information content (AvgIpc) is 3.12. The molecule has 5 heteroatoms. The molecule has 2 aromatic rings. The molecule has 0 saturated carbocycles. The van der Waals surface area contributed by atoms with Crippen LogP contribution in [0.3, 0.4) is 0 Å². The minimum atomic E-state index is -3.51. The van der Waals surface area contributed by atoms with Gasteiger partial charge < -0.3 is 5.11 Å². The minimum Gasteiger partial charge on any atom is -0.389 e. The molecule has 1 heterocycles. The summed E-state index contributed by atoms with van der Waals surface area (Å²) >= 11 is 0. The maximum Gasteiger partial charge on any atom is 0.267 e. The number of aryl methyl sites for hydroxylation is 1. The first-order valence-electron chi connectivity index (χ1n) is 8.87. The highest BCUT2D eigenvalue weighted by molar-refractivity contribution is 7.90. The van der Waals surface area contributed by atoms with E-state index in [1.165, 1.54) is 9.55 Å². The summed E-state index contributed by atoms with van der Waals surface area (Å²) in [6.07, 6.45) is 10.9. The summed E-state index contributed by atoms with van der Waals surface area (Å²) in [5.74, 6) is 0. The molecule has 0 bridgehead atoms. The molecule has 0 fully saturated rings. The van der Waals surface area contributed by atoms with E-state index >= 15 is 0 Å². The summed E-state index contributed by atoms with van der Waals surface area (Å²) in [6, 6.07) is 10.3. The first-order valence-corrected chi connectivity index (χ1v) is 10.3. The molecule has 26 heavy (non-hydrogen) atoms. The predicted octanol–water partition coefficient (Wildman–Crippen LogP) is 4.32. The number of allylic oxidation sites excluding steroid dienone is 2. The van der Waals surface area contributed by atoms with Crippen LogP contribution in [0.5, 0.6) is 0 Å². The van der Waals surface area contributed by atoms with Crippen molar-refractivity contribution >= 4 is 10.0 Å². The minimum absolute atomic E-state index is 0.291. The molecular weight excluding hydrogens is 346 g/mol. The van der Waals surface area contributed by atoms with E-state index in [1.807, 2.05) is 6.07 Å². The van der Waals surface area contributed by atoms with E-state index < -0.39 is 16.1 Å². The second-order valence-electron chi connectivity index (χ2n) is 6.45. The third kappa shape index (κ3) is 5.71. The summed E-state index contributed by atoms with van der Waals surface area (Å²) in [7, 11) is -3.51. The van der Waals surface area contributed by atoms with Gasteiger partial charge in [0.2, 0.25) is 0 Å². The van der Waals surface area contributed by atoms with Crippen molar-refractivity contribution in [3.05, 3.63) is 78.7 Å². The van der Waals surface area contributed by atoms with Crippen LogP contribution in [-0.4, -0.2) is 23.6 Å². The molecule has 1 N–H and O–H groups in total. The number of rotatable bonds is 10. The number of hydrogen-bond acceptors (Lipinski definition) is 3. The molecule has 0 radical (unpaired) electrons. The van der Waals surface area contributed by atoms with Crippen LogP contribution in [0.2, 0.25) is 0 Å². The van der Waals surface area contributed by atoms with Crippen molar-refractivity contribution in [2.45, 2.75) is 50.0 Å². The Morgan fingerprint density at radius 2 is 2.00 bits per heavy atom. The summed E-state index contributed by atoms with van der Waals surface area (Å²) in [6.45, 7) is 5.66. The van der Waals surface area contributed by atoms with Gasteiger partial charge in [0.25, 0.3) is 10.0 Å². The first kappa shape index (κ1) is 20.2. The van der Waals surface area contributed by atoms with E-state index in [2.05, 4.69) is 19.6 Å². The summed E-state index contributed by atoms with van der Waals surface area (Å²) in [5, 5.41) is 9.46. The first-order chi connectivity index (χ1) is 12.4. The number of aliphatic hydroxyl groups excluding tert-OH is 1. The van der Waals surface area contributed by atoms with E-state index in [9.17, 15) is 13.5 Å². The van der Waals surface area contributed by atoms with Gasteiger partial charge >= 0.3 is 0 Å². The lowest BCUT2D eigenvalue weighted by molar-refractivity contribution is 0.210. The van der Waals surface area contributed by atoms with Crippen LogP contribution in [-0.2, 0) is 16.4 Å². The van der Waals surface area contributed by atoms with Gasteiger partial charge in [-0.3, -0.25) is 0 Å². The topological polar surface area (TPSA) is 59.3 Å². The highest BCUT2D eigenvalue weighted by Gasteiger charge is 2.15. The third-order valence-electron chi connectivity index (χ3n) is 4.32. The van der Waals surface area contributed by atoms with E-state index in [4.69, 9.17) is 0 Å². The highest BCUT2D eigenvalue weighted by Crippen LogP contribution is 2.16. The maximum absolute atomic E-state index is 12.6. The fourth-order valence-corrected chi connectivity index (χ4v) is 3.97. The van der Waals surface area contributed by atoms with Crippen molar-refractivity contribution < 1.29 is 13.5 Å². The molecular formula is C21H27NO3S. The van der Waals surface area contributed by atoms with Crippen LogP contribution in [0.4, 0.5) is 0 Å². The zero-order chi connectivity index (χ0) is 19.0. The Kier molecular flexibility index (Phi) is 7.42. The molecule has 1 aromatic heterocycles. The summed E-state index contributed by atoms with van der Waals surface area (Å²) in [5.41, 5.74) is 2.29. The fraction of sp³-hybridized carbons (Fsp3) is 0.333. The van der Waals surface area contributed by atoms with Crippen molar-refractivity contribution in [2.75, 3.05) is 0 Å². The van der Waals surface area contributed by atoms with E-state index in [0.29, 0.717) is 4.90 Å². The molecule has 0 saturated heterocycles. The Hall–Kier alpha value is -2.11. The maximum atomic E-state index is 12.6. The Morgan fingerprint density at radius 3 is 2.69 bits per heavy atom. The van der Waals surface area contributed by atoms with E-state index in [-0.39, 0.29) is 0 Å². The second kappa shape index (κ2) is 9.55. The van der Waals surface area contributed by atoms with E-state index in [0.717, 1.165) is 37.7 Å². The lowest BCUT2D eigenvalue weighted by Gasteiger charge is -2.05. The number of aromatic nitrogens is 1. The molecule has 1 aromatic carbocycles. The summed E-state index contributed by atoms with van der Waals surface area (Å²) in [4.78, 5) is 0.291. The Balaban J connectivity index is 1.89. The molecule has 0 amide bonds. The third-order valence-corrected chi connectivity index (χ3v) is 5.97. The summed E-state index contributed by atoms with van der Waals surface area (Å²) < 4.78 is 26.4. The van der Waals surface area contributed by atoms with Crippen molar-refractivity contribution in [3.8, 4) is 0 Å². The molecule has 4 nitrogen and oxygen atoms in total. The average molecular weight is 374 g/mol. The predicted molar refractivity (Wildman–Crippen MR) is 106 cm³/mol. The van der Waals surface area contributed by atoms with Crippen molar-refractivity contribution in [1.29, 1.82) is 0 Å². The van der Waals surface area contributed by atoms with E-state index in [1.54, 1.807) is 48.8 Å². The van der Waals surface area contributed by atoms with Gasteiger partial charge in [0.15, 0.2) is 0 Å². The highest BCUT2D eigenvalue weighted by atomic mass is 32.2. The Bertz CT molecular complexity index is 835. The molecule has 0 spiro atoms. The van der Waals surface area contributed by atoms with Gasteiger partial charge in [0.1, 0.15) is 0 Å². The molecule has 0 aliphatic carbocycles. The van der Waals surface area contributed by atoms with Crippen LogP contribution in [0, 0.1) is 0 Å². The van der Waals surface area contributed by atoms with Crippen LogP contribution in [0.1, 0.15) is 38.2 Å². The van der Waals surface area contributed by atoms with Gasteiger partial charge in [-0.25, -0.2) is 12.4 Å². The number of nitrogens with zero attached hydrogens (tertiary/aromatic N) is 1. The van der Waals surface area contributed by atoms with Gasteiger partial charge in [-0.2, -0.15) is 0 Å². The largest absolute Gasteiger partial charge is 0.389 e. The van der Waals surface area contributed by atoms with Gasteiger partial charge in [-0.15, -0.1) is 6.58 Å². The van der Waals surface area contributed by atoms with Crippen molar-refractivity contribution in [3.63, 3.8) is 0 Å². The standard InChI is InChI=1S/C21H27NO3S/c1-3-20(23)12-8-10-18(2)9-7-11-19-15-16-22(17-19)26(24,25)21-13-5-4-6-14-21/h3-6,9,13-17,20,23H,1,7-8,10-12H2,2H3/b18-9+. The van der Waals surface area contributed by atoms with Gasteiger partial charge in [-0.1, -0.05) is 35.9 Å². The van der Waals surface area contributed by atoms with Gasteiger partial charge in [-0.05, 0) is 62.8 Å². The molecule has 2 rings (SSSR count). The molecule has 0 aliphatic heterocycles.